The third-order valence-corrected chi connectivity index (χ3v) is 3.98. The number of nitrogens with two attached hydrogens (primary N) is 1. The fraction of sp³-hybridized carbons (Fsp3) is 0.917. The third kappa shape index (κ3) is 2.74. The summed E-state index contributed by atoms with van der Waals surface area (Å²) in [5, 5.41) is 9.18. The lowest BCUT2D eigenvalue weighted by atomic mass is 9.85. The standard InChI is InChI=1S/C12H24N2O2/c1-9(2)14(3)8-6-10-5-4-7-12(10,13)11(15)16/h9-10H,4-8,13H2,1-3H3,(H,15,16). The number of hydrogen-bond acceptors (Lipinski definition) is 3. The Labute approximate surface area is 97.8 Å². The van der Waals surface area contributed by atoms with Crippen LogP contribution in [0.15, 0.2) is 0 Å². The Morgan fingerprint density at radius 3 is 2.75 bits per heavy atom. The molecule has 0 aliphatic heterocycles. The minimum atomic E-state index is -0.974. The lowest BCUT2D eigenvalue weighted by molar-refractivity contribution is -0.144. The van der Waals surface area contributed by atoms with E-state index in [4.69, 9.17) is 5.73 Å². The number of aliphatic carboxylic acids is 1. The molecule has 0 aromatic carbocycles. The number of rotatable bonds is 5. The lowest BCUT2D eigenvalue weighted by Gasteiger charge is -2.29. The van der Waals surface area contributed by atoms with Gasteiger partial charge >= 0.3 is 5.97 Å². The minimum Gasteiger partial charge on any atom is -0.480 e. The molecule has 0 bridgehead atoms. The van der Waals surface area contributed by atoms with Crippen molar-refractivity contribution in [3.05, 3.63) is 0 Å². The van der Waals surface area contributed by atoms with Crippen LogP contribution in [0.1, 0.15) is 39.5 Å². The number of carboxylic acids is 1. The second kappa shape index (κ2) is 5.15. The maximum atomic E-state index is 11.2. The maximum Gasteiger partial charge on any atom is 0.323 e. The summed E-state index contributed by atoms with van der Waals surface area (Å²) in [5.74, 6) is -0.701. The van der Waals surface area contributed by atoms with Crippen molar-refractivity contribution in [1.82, 2.24) is 4.90 Å². The maximum absolute atomic E-state index is 11.2. The predicted octanol–water partition coefficient (Wildman–Crippen LogP) is 1.30. The van der Waals surface area contributed by atoms with Gasteiger partial charge in [0.25, 0.3) is 0 Å². The summed E-state index contributed by atoms with van der Waals surface area (Å²) in [5.41, 5.74) is 5.02. The summed E-state index contributed by atoms with van der Waals surface area (Å²) in [6.07, 6.45) is 3.41. The van der Waals surface area contributed by atoms with E-state index < -0.39 is 11.5 Å². The van der Waals surface area contributed by atoms with E-state index in [2.05, 4.69) is 25.8 Å². The van der Waals surface area contributed by atoms with Crippen LogP contribution in [0.3, 0.4) is 0 Å². The van der Waals surface area contributed by atoms with E-state index in [1.807, 2.05) is 0 Å². The van der Waals surface area contributed by atoms with Crippen molar-refractivity contribution < 1.29 is 9.90 Å². The van der Waals surface area contributed by atoms with E-state index in [1.165, 1.54) is 0 Å². The smallest absolute Gasteiger partial charge is 0.323 e. The minimum absolute atomic E-state index is 0.131. The summed E-state index contributed by atoms with van der Waals surface area (Å²) in [7, 11) is 2.07. The number of carboxylic acid groups (broad SMARTS) is 1. The number of nitrogens with zero attached hydrogens (tertiary/aromatic N) is 1. The van der Waals surface area contributed by atoms with Gasteiger partial charge in [-0.15, -0.1) is 0 Å². The highest BCUT2D eigenvalue weighted by molar-refractivity contribution is 5.79. The van der Waals surface area contributed by atoms with Crippen molar-refractivity contribution in [3.63, 3.8) is 0 Å². The first-order valence-corrected chi connectivity index (χ1v) is 6.10. The summed E-state index contributed by atoms with van der Waals surface area (Å²) in [6.45, 7) is 5.21. The first kappa shape index (κ1) is 13.5. The quantitative estimate of drug-likeness (QED) is 0.744. The second-order valence-corrected chi connectivity index (χ2v) is 5.30. The molecule has 0 spiro atoms. The highest BCUT2D eigenvalue weighted by Crippen LogP contribution is 2.36. The van der Waals surface area contributed by atoms with Crippen LogP contribution < -0.4 is 5.73 Å². The summed E-state index contributed by atoms with van der Waals surface area (Å²) >= 11 is 0. The van der Waals surface area contributed by atoms with Crippen molar-refractivity contribution in [2.24, 2.45) is 11.7 Å². The van der Waals surface area contributed by atoms with Crippen molar-refractivity contribution in [2.45, 2.75) is 51.1 Å². The monoisotopic (exact) mass is 228 g/mol. The van der Waals surface area contributed by atoms with Crippen LogP contribution >= 0.6 is 0 Å². The normalized spacial score (nSPS) is 30.2. The van der Waals surface area contributed by atoms with Crippen LogP contribution in [0.25, 0.3) is 0 Å². The molecule has 2 atom stereocenters. The van der Waals surface area contributed by atoms with E-state index in [0.717, 1.165) is 25.8 Å². The van der Waals surface area contributed by atoms with Crippen LogP contribution in [-0.4, -0.2) is 41.1 Å². The van der Waals surface area contributed by atoms with Gasteiger partial charge < -0.3 is 15.7 Å². The predicted molar refractivity (Wildman–Crippen MR) is 64.3 cm³/mol. The number of hydrogen-bond donors (Lipinski definition) is 2. The molecule has 1 aliphatic rings. The van der Waals surface area contributed by atoms with Crippen LogP contribution in [-0.2, 0) is 4.79 Å². The highest BCUT2D eigenvalue weighted by Gasteiger charge is 2.45. The Kier molecular flexibility index (Phi) is 4.33. The van der Waals surface area contributed by atoms with Crippen LogP contribution in [0, 0.1) is 5.92 Å². The molecule has 1 rings (SSSR count). The van der Waals surface area contributed by atoms with Gasteiger partial charge in [0.15, 0.2) is 0 Å². The number of carbonyl (C=O) groups is 1. The summed E-state index contributed by atoms with van der Waals surface area (Å²) < 4.78 is 0. The fourth-order valence-electron chi connectivity index (χ4n) is 2.40. The van der Waals surface area contributed by atoms with E-state index in [1.54, 1.807) is 0 Å². The Hall–Kier alpha value is -0.610. The molecule has 4 nitrogen and oxygen atoms in total. The van der Waals surface area contributed by atoms with Crippen molar-refractivity contribution in [1.29, 1.82) is 0 Å². The molecule has 1 saturated carbocycles. The van der Waals surface area contributed by atoms with Gasteiger partial charge in [0.05, 0.1) is 0 Å². The molecular formula is C12H24N2O2. The highest BCUT2D eigenvalue weighted by atomic mass is 16.4. The van der Waals surface area contributed by atoms with Crippen LogP contribution in [0.5, 0.6) is 0 Å². The van der Waals surface area contributed by atoms with Gasteiger partial charge in [-0.25, -0.2) is 0 Å². The second-order valence-electron chi connectivity index (χ2n) is 5.30. The van der Waals surface area contributed by atoms with Crippen molar-refractivity contribution in [3.8, 4) is 0 Å². The molecule has 0 amide bonds. The van der Waals surface area contributed by atoms with Crippen molar-refractivity contribution in [2.75, 3.05) is 13.6 Å². The fourth-order valence-corrected chi connectivity index (χ4v) is 2.40. The van der Waals surface area contributed by atoms with Gasteiger partial charge in [-0.3, -0.25) is 4.79 Å². The largest absolute Gasteiger partial charge is 0.480 e. The Bertz CT molecular complexity index is 255. The Morgan fingerprint density at radius 2 is 2.25 bits per heavy atom. The zero-order chi connectivity index (χ0) is 12.3. The van der Waals surface area contributed by atoms with Crippen LogP contribution in [0.2, 0.25) is 0 Å². The summed E-state index contributed by atoms with van der Waals surface area (Å²) in [6, 6.07) is 0.499. The van der Waals surface area contributed by atoms with E-state index in [9.17, 15) is 9.90 Å². The Morgan fingerprint density at radius 1 is 1.62 bits per heavy atom. The molecule has 1 aliphatic carbocycles. The van der Waals surface area contributed by atoms with Gasteiger partial charge in [-0.1, -0.05) is 6.42 Å². The van der Waals surface area contributed by atoms with E-state index in [0.29, 0.717) is 12.5 Å². The van der Waals surface area contributed by atoms with Crippen LogP contribution in [0.4, 0.5) is 0 Å². The van der Waals surface area contributed by atoms with E-state index in [-0.39, 0.29) is 5.92 Å². The molecule has 0 saturated heterocycles. The summed E-state index contributed by atoms with van der Waals surface area (Å²) in [4.78, 5) is 13.4. The van der Waals surface area contributed by atoms with Gasteiger partial charge in [-0.2, -0.15) is 0 Å². The zero-order valence-electron chi connectivity index (χ0n) is 10.6. The van der Waals surface area contributed by atoms with Crippen molar-refractivity contribution >= 4 is 5.97 Å². The van der Waals surface area contributed by atoms with E-state index >= 15 is 0 Å². The molecule has 0 aromatic heterocycles. The third-order valence-electron chi connectivity index (χ3n) is 3.98. The molecule has 94 valence electrons. The van der Waals surface area contributed by atoms with Gasteiger partial charge in [0, 0.05) is 6.04 Å². The lowest BCUT2D eigenvalue weighted by Crippen LogP contribution is -2.51. The molecule has 16 heavy (non-hydrogen) atoms. The topological polar surface area (TPSA) is 66.6 Å². The SMILES string of the molecule is CC(C)N(C)CCC1CCCC1(N)C(=O)O. The molecule has 4 heteroatoms. The molecule has 3 N–H and O–H groups in total. The molecular weight excluding hydrogens is 204 g/mol. The average molecular weight is 228 g/mol. The molecule has 0 radical (unpaired) electrons. The molecule has 0 heterocycles. The first-order chi connectivity index (χ1) is 7.38. The van der Waals surface area contributed by atoms with Gasteiger partial charge in [-0.05, 0) is 52.6 Å². The average Bonchev–Trinajstić information content (AvgIpc) is 2.57. The Balaban J connectivity index is 2.51. The zero-order valence-corrected chi connectivity index (χ0v) is 10.6. The molecule has 1 fully saturated rings. The molecule has 0 aromatic rings. The molecule has 2 unspecified atom stereocenters. The first-order valence-electron chi connectivity index (χ1n) is 6.10. The van der Waals surface area contributed by atoms with Gasteiger partial charge in [0.2, 0.25) is 0 Å². The van der Waals surface area contributed by atoms with Gasteiger partial charge in [0.1, 0.15) is 5.54 Å².